The molecule has 0 bridgehead atoms. The fourth-order valence-electron chi connectivity index (χ4n) is 3.22. The molecular weight excluding hydrogens is 404 g/mol. The van der Waals surface area contributed by atoms with Crippen molar-refractivity contribution in [3.05, 3.63) is 29.8 Å². The molecule has 0 aliphatic carbocycles. The Bertz CT molecular complexity index is 795. The predicted octanol–water partition coefficient (Wildman–Crippen LogP) is 0.727. The minimum absolute atomic E-state index is 0. The van der Waals surface area contributed by atoms with E-state index in [1.165, 1.54) is 0 Å². The summed E-state index contributed by atoms with van der Waals surface area (Å²) in [5, 5.41) is 0. The number of carbonyl (C=O) groups is 1. The maximum atomic E-state index is 13.9. The van der Waals surface area contributed by atoms with Gasteiger partial charge in [0.1, 0.15) is 16.5 Å². The average Bonchev–Trinajstić information content (AvgIpc) is 2.61. The number of halogens is 3. The van der Waals surface area contributed by atoms with E-state index in [4.69, 9.17) is 10.5 Å². The van der Waals surface area contributed by atoms with E-state index < -0.39 is 32.1 Å². The number of benzene rings is 1. The molecule has 0 unspecified atom stereocenters. The molecule has 11 heteroatoms. The van der Waals surface area contributed by atoms with Crippen LogP contribution in [0.4, 0.5) is 8.78 Å². The zero-order chi connectivity index (χ0) is 18.9. The standard InChI is InChI=1S/C16H21F2N3O4S.ClH/c17-12-1-2-14(13(18)11-12)26(23,24)21-7-5-20(6-8-21)15(22)16(19)3-9-25-10-4-16;/h1-2,11H,3-10,19H2;1H. The maximum Gasteiger partial charge on any atom is 0.246 e. The third-order valence-corrected chi connectivity index (χ3v) is 6.78. The Kier molecular flexibility index (Phi) is 6.80. The lowest BCUT2D eigenvalue weighted by molar-refractivity contribution is -0.141. The Balaban J connectivity index is 0.00000261. The van der Waals surface area contributed by atoms with Crippen molar-refractivity contribution in [2.75, 3.05) is 39.4 Å². The summed E-state index contributed by atoms with van der Waals surface area (Å²) in [4.78, 5) is 13.6. The second-order valence-electron chi connectivity index (χ2n) is 6.54. The monoisotopic (exact) mass is 425 g/mol. The summed E-state index contributed by atoms with van der Waals surface area (Å²) in [6.45, 7) is 1.22. The van der Waals surface area contributed by atoms with Gasteiger partial charge in [0.2, 0.25) is 15.9 Å². The van der Waals surface area contributed by atoms with Crippen LogP contribution in [0.15, 0.2) is 23.1 Å². The SMILES string of the molecule is Cl.NC1(C(=O)N2CCN(S(=O)(=O)c3ccc(F)cc3F)CC2)CCOCC1. The molecule has 1 aromatic rings. The number of carbonyl (C=O) groups excluding carboxylic acids is 1. The van der Waals surface area contributed by atoms with Gasteiger partial charge in [0.15, 0.2) is 0 Å². The second kappa shape index (κ2) is 8.36. The molecular formula is C16H22ClF2N3O4S. The molecule has 2 fully saturated rings. The van der Waals surface area contributed by atoms with Crippen LogP contribution in [0.2, 0.25) is 0 Å². The van der Waals surface area contributed by atoms with E-state index in [0.717, 1.165) is 16.4 Å². The summed E-state index contributed by atoms with van der Waals surface area (Å²) in [6.07, 6.45) is 0.844. The van der Waals surface area contributed by atoms with E-state index in [0.29, 0.717) is 32.1 Å². The molecule has 1 amide bonds. The molecule has 2 N–H and O–H groups in total. The van der Waals surface area contributed by atoms with Gasteiger partial charge >= 0.3 is 0 Å². The van der Waals surface area contributed by atoms with E-state index >= 15 is 0 Å². The number of rotatable bonds is 3. The topological polar surface area (TPSA) is 92.9 Å². The van der Waals surface area contributed by atoms with Crippen molar-refractivity contribution in [2.45, 2.75) is 23.3 Å². The fourth-order valence-corrected chi connectivity index (χ4v) is 4.69. The van der Waals surface area contributed by atoms with E-state index in [1.807, 2.05) is 0 Å². The second-order valence-corrected chi connectivity index (χ2v) is 8.45. The van der Waals surface area contributed by atoms with Gasteiger partial charge in [0, 0.05) is 45.5 Å². The first kappa shape index (κ1) is 22.0. The predicted molar refractivity (Wildman–Crippen MR) is 95.9 cm³/mol. The van der Waals surface area contributed by atoms with Crippen LogP contribution in [0, 0.1) is 11.6 Å². The molecule has 2 saturated heterocycles. The zero-order valence-electron chi connectivity index (χ0n) is 14.6. The highest BCUT2D eigenvalue weighted by Crippen LogP contribution is 2.24. The van der Waals surface area contributed by atoms with Crippen LogP contribution in [-0.4, -0.2) is 68.5 Å². The van der Waals surface area contributed by atoms with E-state index in [-0.39, 0.29) is 44.5 Å². The fraction of sp³-hybridized carbons (Fsp3) is 0.562. The van der Waals surface area contributed by atoms with Gasteiger partial charge in [-0.1, -0.05) is 0 Å². The van der Waals surface area contributed by atoms with Crippen LogP contribution in [0.25, 0.3) is 0 Å². The van der Waals surface area contributed by atoms with Gasteiger partial charge in [-0.2, -0.15) is 4.31 Å². The van der Waals surface area contributed by atoms with Crippen molar-refractivity contribution in [3.63, 3.8) is 0 Å². The smallest absolute Gasteiger partial charge is 0.246 e. The lowest BCUT2D eigenvalue weighted by Gasteiger charge is -2.40. The minimum atomic E-state index is -4.10. The van der Waals surface area contributed by atoms with Crippen molar-refractivity contribution in [2.24, 2.45) is 5.73 Å². The number of ether oxygens (including phenoxy) is 1. The van der Waals surface area contributed by atoms with Crippen molar-refractivity contribution < 1.29 is 26.7 Å². The van der Waals surface area contributed by atoms with Gasteiger partial charge < -0.3 is 15.4 Å². The molecule has 3 rings (SSSR count). The molecule has 0 atom stereocenters. The lowest BCUT2D eigenvalue weighted by atomic mass is 9.89. The molecule has 0 aromatic heterocycles. The number of nitrogens with zero attached hydrogens (tertiary/aromatic N) is 2. The van der Waals surface area contributed by atoms with Gasteiger partial charge in [-0.3, -0.25) is 4.79 Å². The highest BCUT2D eigenvalue weighted by atomic mass is 35.5. The molecule has 0 saturated carbocycles. The van der Waals surface area contributed by atoms with E-state index in [2.05, 4.69) is 0 Å². The number of sulfonamides is 1. The van der Waals surface area contributed by atoms with Gasteiger partial charge in [0.25, 0.3) is 0 Å². The summed E-state index contributed by atoms with van der Waals surface area (Å²) in [5.41, 5.74) is 5.21. The Labute approximate surface area is 162 Å². The highest BCUT2D eigenvalue weighted by Gasteiger charge is 2.41. The summed E-state index contributed by atoms with van der Waals surface area (Å²) in [7, 11) is -4.10. The molecule has 7 nitrogen and oxygen atoms in total. The van der Waals surface area contributed by atoms with Gasteiger partial charge in [-0.25, -0.2) is 17.2 Å². The lowest BCUT2D eigenvalue weighted by Crippen LogP contribution is -2.61. The van der Waals surface area contributed by atoms with Gasteiger partial charge in [-0.15, -0.1) is 12.4 Å². The molecule has 2 heterocycles. The molecule has 0 spiro atoms. The Morgan fingerprint density at radius 2 is 1.70 bits per heavy atom. The number of hydrogen-bond donors (Lipinski definition) is 1. The average molecular weight is 426 g/mol. The van der Waals surface area contributed by atoms with Crippen LogP contribution in [0.5, 0.6) is 0 Å². The Morgan fingerprint density at radius 3 is 2.26 bits per heavy atom. The summed E-state index contributed by atoms with van der Waals surface area (Å²) < 4.78 is 58.4. The molecule has 2 aliphatic rings. The van der Waals surface area contributed by atoms with Crippen molar-refractivity contribution in [1.82, 2.24) is 9.21 Å². The minimum Gasteiger partial charge on any atom is -0.381 e. The Hall–Kier alpha value is -1.33. The van der Waals surface area contributed by atoms with E-state index in [1.54, 1.807) is 4.90 Å². The van der Waals surface area contributed by atoms with Crippen LogP contribution >= 0.6 is 12.4 Å². The van der Waals surface area contributed by atoms with Crippen LogP contribution in [-0.2, 0) is 19.6 Å². The largest absolute Gasteiger partial charge is 0.381 e. The number of piperazine rings is 1. The number of amides is 1. The number of hydrogen-bond acceptors (Lipinski definition) is 5. The quantitative estimate of drug-likeness (QED) is 0.770. The van der Waals surface area contributed by atoms with Crippen molar-refractivity contribution >= 4 is 28.3 Å². The van der Waals surface area contributed by atoms with Gasteiger partial charge in [-0.05, 0) is 25.0 Å². The normalized spacial score (nSPS) is 20.8. The molecule has 2 aliphatic heterocycles. The zero-order valence-corrected chi connectivity index (χ0v) is 16.2. The first-order chi connectivity index (χ1) is 12.2. The van der Waals surface area contributed by atoms with Crippen LogP contribution in [0.3, 0.4) is 0 Å². The highest BCUT2D eigenvalue weighted by molar-refractivity contribution is 7.89. The molecule has 152 valence electrons. The summed E-state index contributed by atoms with van der Waals surface area (Å²) in [5.74, 6) is -2.20. The summed E-state index contributed by atoms with van der Waals surface area (Å²) >= 11 is 0. The van der Waals surface area contributed by atoms with Gasteiger partial charge in [0.05, 0.1) is 5.54 Å². The molecule has 27 heavy (non-hydrogen) atoms. The third-order valence-electron chi connectivity index (χ3n) is 4.85. The van der Waals surface area contributed by atoms with Crippen LogP contribution in [0.1, 0.15) is 12.8 Å². The van der Waals surface area contributed by atoms with Crippen molar-refractivity contribution in [1.29, 1.82) is 0 Å². The molecule has 0 radical (unpaired) electrons. The first-order valence-electron chi connectivity index (χ1n) is 8.35. The maximum absolute atomic E-state index is 13.9. The third kappa shape index (κ3) is 4.40. The molecule has 1 aromatic carbocycles. The summed E-state index contributed by atoms with van der Waals surface area (Å²) in [6, 6.07) is 2.35. The first-order valence-corrected chi connectivity index (χ1v) is 9.79. The van der Waals surface area contributed by atoms with Crippen molar-refractivity contribution in [3.8, 4) is 0 Å². The number of nitrogens with two attached hydrogens (primary N) is 1. The van der Waals surface area contributed by atoms with Crippen LogP contribution < -0.4 is 5.73 Å². The van der Waals surface area contributed by atoms with E-state index in [9.17, 15) is 22.0 Å². The Morgan fingerprint density at radius 1 is 1.11 bits per heavy atom.